The van der Waals surface area contributed by atoms with Crippen molar-refractivity contribution in [3.05, 3.63) is 83.4 Å². The van der Waals surface area contributed by atoms with Gasteiger partial charge in [-0.05, 0) is 73.6 Å². The van der Waals surface area contributed by atoms with E-state index in [1.54, 1.807) is 7.11 Å². The van der Waals surface area contributed by atoms with Crippen LogP contribution in [0.2, 0.25) is 0 Å². The molecule has 0 unspecified atom stereocenters. The fourth-order valence-electron chi connectivity index (χ4n) is 3.90. The SMILES string of the molecule is COCCN1C(=S)N[C@H](c2ccccn2)[C@H]1c1cccn1-c1ccc(C)c(C)c1. The number of hydrogen-bond donors (Lipinski definition) is 1. The van der Waals surface area contributed by atoms with E-state index in [-0.39, 0.29) is 12.1 Å². The van der Waals surface area contributed by atoms with Crippen molar-refractivity contribution in [1.82, 2.24) is 19.8 Å². The summed E-state index contributed by atoms with van der Waals surface area (Å²) in [5, 5.41) is 4.22. The number of rotatable bonds is 6. The maximum Gasteiger partial charge on any atom is 0.170 e. The van der Waals surface area contributed by atoms with Crippen LogP contribution < -0.4 is 5.32 Å². The molecule has 150 valence electrons. The van der Waals surface area contributed by atoms with Gasteiger partial charge >= 0.3 is 0 Å². The monoisotopic (exact) mass is 406 g/mol. The van der Waals surface area contributed by atoms with E-state index in [1.165, 1.54) is 16.8 Å². The molecule has 2 atom stereocenters. The lowest BCUT2D eigenvalue weighted by atomic mass is 10.0. The molecule has 0 aliphatic carbocycles. The molecular weight excluding hydrogens is 380 g/mol. The molecule has 0 saturated carbocycles. The van der Waals surface area contributed by atoms with Crippen molar-refractivity contribution in [3.8, 4) is 5.69 Å². The molecule has 4 rings (SSSR count). The zero-order chi connectivity index (χ0) is 20.4. The quantitative estimate of drug-likeness (QED) is 0.624. The number of nitrogens with zero attached hydrogens (tertiary/aromatic N) is 3. The number of benzene rings is 1. The van der Waals surface area contributed by atoms with Crippen LogP contribution >= 0.6 is 12.2 Å². The predicted molar refractivity (Wildman–Crippen MR) is 119 cm³/mol. The van der Waals surface area contributed by atoms with Gasteiger partial charge in [0.1, 0.15) is 0 Å². The molecule has 1 saturated heterocycles. The summed E-state index contributed by atoms with van der Waals surface area (Å²) in [6, 6.07) is 16.8. The first kappa shape index (κ1) is 19.6. The summed E-state index contributed by atoms with van der Waals surface area (Å²) in [4.78, 5) is 6.82. The van der Waals surface area contributed by atoms with Gasteiger partial charge in [-0.25, -0.2) is 0 Å². The van der Waals surface area contributed by atoms with Crippen molar-refractivity contribution >= 4 is 17.3 Å². The number of ether oxygens (including phenoxy) is 1. The van der Waals surface area contributed by atoms with E-state index < -0.39 is 0 Å². The van der Waals surface area contributed by atoms with E-state index in [4.69, 9.17) is 17.0 Å². The van der Waals surface area contributed by atoms with Crippen LogP contribution in [0, 0.1) is 13.8 Å². The molecule has 6 heteroatoms. The summed E-state index contributed by atoms with van der Waals surface area (Å²) in [5.74, 6) is 0. The Hall–Kier alpha value is -2.70. The molecule has 1 aromatic carbocycles. The highest BCUT2D eigenvalue weighted by Crippen LogP contribution is 2.39. The van der Waals surface area contributed by atoms with Crippen LogP contribution in [0.4, 0.5) is 0 Å². The topological polar surface area (TPSA) is 42.3 Å². The summed E-state index contributed by atoms with van der Waals surface area (Å²) in [5.41, 5.74) is 5.87. The molecule has 3 heterocycles. The molecule has 29 heavy (non-hydrogen) atoms. The average molecular weight is 407 g/mol. The lowest BCUT2D eigenvalue weighted by Gasteiger charge is -2.28. The molecule has 0 radical (unpaired) electrons. The van der Waals surface area contributed by atoms with Crippen LogP contribution in [0.3, 0.4) is 0 Å². The molecule has 0 bridgehead atoms. The summed E-state index contributed by atoms with van der Waals surface area (Å²) in [7, 11) is 1.72. The molecule has 1 aliphatic heterocycles. The van der Waals surface area contributed by atoms with Gasteiger partial charge in [0.05, 0.1) is 24.4 Å². The van der Waals surface area contributed by atoms with E-state index in [0.29, 0.717) is 13.2 Å². The smallest absolute Gasteiger partial charge is 0.170 e. The summed E-state index contributed by atoms with van der Waals surface area (Å²) < 4.78 is 7.60. The van der Waals surface area contributed by atoms with E-state index in [1.807, 2.05) is 18.3 Å². The Bertz CT molecular complexity index is 1000. The van der Waals surface area contributed by atoms with Gasteiger partial charge in [0.2, 0.25) is 0 Å². The van der Waals surface area contributed by atoms with Crippen molar-refractivity contribution in [3.63, 3.8) is 0 Å². The first-order valence-corrected chi connectivity index (χ1v) is 10.2. The van der Waals surface area contributed by atoms with Gasteiger partial charge in [0.15, 0.2) is 5.11 Å². The second kappa shape index (κ2) is 8.35. The summed E-state index contributed by atoms with van der Waals surface area (Å²) in [6.45, 7) is 5.61. The van der Waals surface area contributed by atoms with Crippen LogP contribution in [-0.4, -0.2) is 39.8 Å². The van der Waals surface area contributed by atoms with Gasteiger partial charge in [-0.1, -0.05) is 12.1 Å². The van der Waals surface area contributed by atoms with Crippen molar-refractivity contribution < 1.29 is 4.74 Å². The number of aryl methyl sites for hydroxylation is 2. The lowest BCUT2D eigenvalue weighted by Crippen LogP contribution is -2.33. The first-order valence-electron chi connectivity index (χ1n) is 9.82. The highest BCUT2D eigenvalue weighted by Gasteiger charge is 2.41. The minimum Gasteiger partial charge on any atom is -0.383 e. The summed E-state index contributed by atoms with van der Waals surface area (Å²) in [6.07, 6.45) is 3.95. The fourth-order valence-corrected chi connectivity index (χ4v) is 4.23. The Labute approximate surface area is 177 Å². The van der Waals surface area contributed by atoms with Crippen LogP contribution in [-0.2, 0) is 4.74 Å². The van der Waals surface area contributed by atoms with Crippen molar-refractivity contribution in [1.29, 1.82) is 0 Å². The Kier molecular flexibility index (Phi) is 5.65. The number of aromatic nitrogens is 2. The standard InChI is InChI=1S/C23H26N4OS/c1-16-9-10-18(15-17(16)2)26-12-6-8-20(26)22-21(19-7-4-5-11-24-19)25-23(29)27(22)13-14-28-3/h4-12,15,21-22H,13-14H2,1-3H3,(H,25,29)/t21-,22-/m1/s1. The fraction of sp³-hybridized carbons (Fsp3) is 0.304. The minimum atomic E-state index is -0.0271. The van der Waals surface area contributed by atoms with Gasteiger partial charge < -0.3 is 19.5 Å². The Morgan fingerprint density at radius 1 is 1.10 bits per heavy atom. The molecule has 1 N–H and O–H groups in total. The zero-order valence-electron chi connectivity index (χ0n) is 17.0. The predicted octanol–water partition coefficient (Wildman–Crippen LogP) is 4.11. The first-order chi connectivity index (χ1) is 14.1. The molecular formula is C23H26N4OS. The Morgan fingerprint density at radius 2 is 1.97 bits per heavy atom. The lowest BCUT2D eigenvalue weighted by molar-refractivity contribution is 0.163. The van der Waals surface area contributed by atoms with E-state index >= 15 is 0 Å². The van der Waals surface area contributed by atoms with Crippen molar-refractivity contribution in [2.75, 3.05) is 20.3 Å². The second-order valence-corrected chi connectivity index (χ2v) is 7.77. The summed E-state index contributed by atoms with van der Waals surface area (Å²) >= 11 is 5.70. The third kappa shape index (κ3) is 3.78. The van der Waals surface area contributed by atoms with Gasteiger partial charge in [0.25, 0.3) is 0 Å². The number of thiocarbonyl (C=S) groups is 1. The maximum absolute atomic E-state index is 5.70. The van der Waals surface area contributed by atoms with Gasteiger partial charge in [-0.3, -0.25) is 4.98 Å². The van der Waals surface area contributed by atoms with E-state index in [9.17, 15) is 0 Å². The number of methoxy groups -OCH3 is 1. The van der Waals surface area contributed by atoms with Gasteiger partial charge in [-0.15, -0.1) is 0 Å². The molecule has 0 amide bonds. The second-order valence-electron chi connectivity index (χ2n) is 7.38. The number of pyridine rings is 1. The molecule has 1 aliphatic rings. The normalized spacial score (nSPS) is 18.9. The number of hydrogen-bond acceptors (Lipinski definition) is 3. The molecule has 1 fully saturated rings. The van der Waals surface area contributed by atoms with E-state index in [2.05, 4.69) is 76.2 Å². The van der Waals surface area contributed by atoms with Crippen LogP contribution in [0.5, 0.6) is 0 Å². The Morgan fingerprint density at radius 3 is 2.69 bits per heavy atom. The third-order valence-electron chi connectivity index (χ3n) is 5.59. The molecule has 0 spiro atoms. The molecule has 5 nitrogen and oxygen atoms in total. The van der Waals surface area contributed by atoms with E-state index in [0.717, 1.165) is 16.5 Å². The maximum atomic E-state index is 5.70. The highest BCUT2D eigenvalue weighted by atomic mass is 32.1. The van der Waals surface area contributed by atoms with Crippen molar-refractivity contribution in [2.24, 2.45) is 0 Å². The third-order valence-corrected chi connectivity index (χ3v) is 5.94. The van der Waals surface area contributed by atoms with Crippen LogP contribution in [0.1, 0.15) is 34.6 Å². The Balaban J connectivity index is 1.79. The highest BCUT2D eigenvalue weighted by molar-refractivity contribution is 7.80. The average Bonchev–Trinajstić information content (AvgIpc) is 3.33. The molecule has 3 aromatic rings. The zero-order valence-corrected chi connectivity index (χ0v) is 17.8. The largest absolute Gasteiger partial charge is 0.383 e. The van der Waals surface area contributed by atoms with Crippen LogP contribution in [0.25, 0.3) is 5.69 Å². The van der Waals surface area contributed by atoms with Crippen LogP contribution in [0.15, 0.2) is 60.9 Å². The minimum absolute atomic E-state index is 0.0177. The van der Waals surface area contributed by atoms with Gasteiger partial charge in [-0.2, -0.15) is 0 Å². The van der Waals surface area contributed by atoms with Crippen molar-refractivity contribution in [2.45, 2.75) is 25.9 Å². The van der Waals surface area contributed by atoms with Gasteiger partial charge in [0, 0.05) is 37.4 Å². The number of nitrogens with one attached hydrogen (secondary N) is 1. The molecule has 2 aromatic heterocycles.